The Hall–Kier alpha value is -3.99. The van der Waals surface area contributed by atoms with Crippen molar-refractivity contribution < 1.29 is 14.4 Å². The molecule has 0 aromatic heterocycles. The van der Waals surface area contributed by atoms with Crippen LogP contribution in [0.15, 0.2) is 91.0 Å². The zero-order valence-electron chi connectivity index (χ0n) is 18.6. The molecule has 3 aromatic rings. The Morgan fingerprint density at radius 1 is 0.765 bits per heavy atom. The topological polar surface area (TPSA) is 57.7 Å². The minimum atomic E-state index is -0.721. The third kappa shape index (κ3) is 3.11. The molecule has 5 nitrogen and oxygen atoms in total. The molecule has 168 valence electrons. The van der Waals surface area contributed by atoms with Crippen molar-refractivity contribution in [1.29, 1.82) is 0 Å². The number of carbonyl (C=O) groups excluding carboxylic acids is 3. The number of carbonyl (C=O) groups is 3. The first kappa shape index (κ1) is 20.6. The number of imide groups is 1. The van der Waals surface area contributed by atoms with Gasteiger partial charge in [-0.05, 0) is 23.6 Å². The van der Waals surface area contributed by atoms with E-state index in [2.05, 4.69) is 0 Å². The van der Waals surface area contributed by atoms with E-state index < -0.39 is 17.9 Å². The normalized spacial score (nSPS) is 24.7. The number of benzene rings is 3. The highest BCUT2D eigenvalue weighted by Gasteiger charge is 2.63. The van der Waals surface area contributed by atoms with Gasteiger partial charge in [0, 0.05) is 17.8 Å². The maximum Gasteiger partial charge on any atom is 0.235 e. The van der Waals surface area contributed by atoms with Crippen LogP contribution in [0.1, 0.15) is 21.5 Å². The van der Waals surface area contributed by atoms with Crippen molar-refractivity contribution in [3.05, 3.63) is 108 Å². The number of hydrogen-bond donors (Lipinski definition) is 0. The molecule has 0 spiro atoms. The lowest BCUT2D eigenvalue weighted by molar-refractivity contribution is -0.140. The molecule has 0 bridgehead atoms. The largest absolute Gasteiger partial charge is 0.352 e. The van der Waals surface area contributed by atoms with Gasteiger partial charge in [-0.15, -0.1) is 0 Å². The molecular weight excluding hydrogens is 424 g/mol. The van der Waals surface area contributed by atoms with E-state index >= 15 is 0 Å². The Morgan fingerprint density at radius 3 is 2.18 bits per heavy atom. The molecule has 2 amide bonds. The highest BCUT2D eigenvalue weighted by atomic mass is 16.2. The van der Waals surface area contributed by atoms with Gasteiger partial charge in [0.2, 0.25) is 11.8 Å². The second kappa shape index (κ2) is 8.10. The summed E-state index contributed by atoms with van der Waals surface area (Å²) >= 11 is 0. The molecule has 6 rings (SSSR count). The molecule has 0 aliphatic carbocycles. The van der Waals surface area contributed by atoms with Crippen LogP contribution < -0.4 is 4.90 Å². The summed E-state index contributed by atoms with van der Waals surface area (Å²) in [5, 5.41) is 0. The molecule has 0 N–H and O–H groups in total. The summed E-state index contributed by atoms with van der Waals surface area (Å²) in [4.78, 5) is 44.6. The Kier molecular flexibility index (Phi) is 4.91. The summed E-state index contributed by atoms with van der Waals surface area (Å²) < 4.78 is 0. The van der Waals surface area contributed by atoms with Crippen molar-refractivity contribution in [2.24, 2.45) is 11.8 Å². The lowest BCUT2D eigenvalue weighted by atomic mass is 9.86. The van der Waals surface area contributed by atoms with Crippen LogP contribution >= 0.6 is 0 Å². The van der Waals surface area contributed by atoms with Crippen LogP contribution in [0.5, 0.6) is 0 Å². The molecule has 3 aromatic carbocycles. The number of hydrogen-bond acceptors (Lipinski definition) is 4. The maximum absolute atomic E-state index is 13.8. The molecule has 0 radical (unpaired) electrons. The van der Waals surface area contributed by atoms with Gasteiger partial charge < -0.3 is 4.90 Å². The molecule has 0 unspecified atom stereocenters. The van der Waals surface area contributed by atoms with Crippen LogP contribution in [0.2, 0.25) is 0 Å². The van der Waals surface area contributed by atoms with Crippen LogP contribution in [-0.4, -0.2) is 41.1 Å². The average Bonchev–Trinajstić information content (AvgIpc) is 3.36. The number of ketones is 1. The van der Waals surface area contributed by atoms with E-state index in [9.17, 15) is 14.4 Å². The molecule has 34 heavy (non-hydrogen) atoms. The van der Waals surface area contributed by atoms with Gasteiger partial charge in [0.25, 0.3) is 0 Å². The number of amides is 2. The highest BCUT2D eigenvalue weighted by molar-refractivity contribution is 6.14. The summed E-state index contributed by atoms with van der Waals surface area (Å²) in [5.74, 6) is -1.79. The predicted octanol–water partition coefficient (Wildman–Crippen LogP) is 4.00. The number of nitrogens with zero attached hydrogens (tertiary/aromatic N) is 2. The van der Waals surface area contributed by atoms with Crippen LogP contribution in [0.3, 0.4) is 0 Å². The molecular formula is C29H24N2O3. The molecule has 3 heterocycles. The number of anilines is 1. The van der Waals surface area contributed by atoms with Gasteiger partial charge in [0.1, 0.15) is 6.04 Å². The predicted molar refractivity (Wildman–Crippen MR) is 130 cm³/mol. The quantitative estimate of drug-likeness (QED) is 0.437. The summed E-state index contributed by atoms with van der Waals surface area (Å²) in [5.41, 5.74) is 3.52. The van der Waals surface area contributed by atoms with Crippen molar-refractivity contribution in [2.45, 2.75) is 18.5 Å². The zero-order chi connectivity index (χ0) is 23.2. The lowest BCUT2D eigenvalue weighted by Crippen LogP contribution is -2.49. The van der Waals surface area contributed by atoms with Gasteiger partial charge in [-0.25, -0.2) is 0 Å². The Balaban J connectivity index is 1.39. The fraction of sp³-hybridized carbons (Fsp3) is 0.207. The van der Waals surface area contributed by atoms with Crippen molar-refractivity contribution >= 4 is 29.4 Å². The van der Waals surface area contributed by atoms with Crippen LogP contribution in [0.4, 0.5) is 5.69 Å². The number of Topliss-reactive ketones (excluding diaryl/α,β-unsaturated/α-hetero) is 1. The van der Waals surface area contributed by atoms with E-state index in [0.29, 0.717) is 18.5 Å². The van der Waals surface area contributed by atoms with E-state index in [1.807, 2.05) is 89.8 Å². The molecule has 5 heteroatoms. The number of para-hydroxylation sites is 1. The standard InChI is InChI=1S/C29H24N2O3/c32-27(21-12-5-2-6-13-21)26-25-24(23-16-15-20-11-7-8-14-22(20)31(23)26)28(33)30(29(25)34)18-17-19-9-3-1-4-10-19/h1-16,23-26H,17-18H2/t23-,24+,25+,26-/m0/s1. The fourth-order valence-electron chi connectivity index (χ4n) is 5.75. The van der Waals surface area contributed by atoms with Gasteiger partial charge >= 0.3 is 0 Å². The third-order valence-corrected chi connectivity index (χ3v) is 7.30. The molecule has 4 atom stereocenters. The SMILES string of the molecule is O=C(c1ccccc1)[C@@H]1[C@@H]2C(=O)N(CCc3ccccc3)C(=O)[C@@H]2[C@@H]2C=Cc3ccccc3N12. The third-order valence-electron chi connectivity index (χ3n) is 7.30. The van der Waals surface area contributed by atoms with Gasteiger partial charge in [0.05, 0.1) is 17.9 Å². The highest BCUT2D eigenvalue weighted by Crippen LogP contribution is 2.49. The number of likely N-dealkylation sites (tertiary alicyclic amines) is 1. The first-order valence-electron chi connectivity index (χ1n) is 11.7. The monoisotopic (exact) mass is 448 g/mol. The molecule has 0 saturated carbocycles. The summed E-state index contributed by atoms with van der Waals surface area (Å²) in [6.07, 6.45) is 4.60. The molecule has 2 fully saturated rings. The zero-order valence-corrected chi connectivity index (χ0v) is 18.6. The first-order valence-corrected chi connectivity index (χ1v) is 11.7. The summed E-state index contributed by atoms with van der Waals surface area (Å²) in [7, 11) is 0. The molecule has 2 saturated heterocycles. The van der Waals surface area contributed by atoms with Gasteiger partial charge in [-0.2, -0.15) is 0 Å². The van der Waals surface area contributed by atoms with Crippen LogP contribution in [0.25, 0.3) is 6.08 Å². The van der Waals surface area contributed by atoms with Crippen molar-refractivity contribution in [1.82, 2.24) is 4.90 Å². The minimum absolute atomic E-state index is 0.116. The Morgan fingerprint density at radius 2 is 1.41 bits per heavy atom. The van der Waals surface area contributed by atoms with E-state index in [1.165, 1.54) is 4.90 Å². The second-order valence-electron chi connectivity index (χ2n) is 9.11. The second-order valence-corrected chi connectivity index (χ2v) is 9.11. The van der Waals surface area contributed by atoms with Crippen molar-refractivity contribution in [2.75, 3.05) is 11.4 Å². The molecule has 3 aliphatic rings. The maximum atomic E-state index is 13.8. The van der Waals surface area contributed by atoms with Crippen LogP contribution in [0, 0.1) is 11.8 Å². The Bertz CT molecular complexity index is 1300. The van der Waals surface area contributed by atoms with E-state index in [0.717, 1.165) is 16.8 Å². The van der Waals surface area contributed by atoms with E-state index in [-0.39, 0.29) is 23.6 Å². The van der Waals surface area contributed by atoms with Gasteiger partial charge in [0.15, 0.2) is 5.78 Å². The number of fused-ring (bicyclic) bond motifs is 5. The average molecular weight is 449 g/mol. The minimum Gasteiger partial charge on any atom is -0.352 e. The summed E-state index contributed by atoms with van der Waals surface area (Å²) in [6, 6.07) is 25.7. The van der Waals surface area contributed by atoms with Gasteiger partial charge in [-0.3, -0.25) is 19.3 Å². The lowest BCUT2D eigenvalue weighted by Gasteiger charge is -2.36. The number of rotatable bonds is 5. The van der Waals surface area contributed by atoms with Crippen molar-refractivity contribution in [3.8, 4) is 0 Å². The van der Waals surface area contributed by atoms with Crippen LogP contribution in [-0.2, 0) is 16.0 Å². The Labute approximate surface area is 198 Å². The first-order chi connectivity index (χ1) is 16.6. The summed E-state index contributed by atoms with van der Waals surface area (Å²) in [6.45, 7) is 0.327. The van der Waals surface area contributed by atoms with Gasteiger partial charge in [-0.1, -0.05) is 91.0 Å². The van der Waals surface area contributed by atoms with E-state index in [4.69, 9.17) is 0 Å². The van der Waals surface area contributed by atoms with E-state index in [1.54, 1.807) is 12.1 Å². The van der Waals surface area contributed by atoms with Crippen molar-refractivity contribution in [3.63, 3.8) is 0 Å². The fourth-order valence-corrected chi connectivity index (χ4v) is 5.75. The smallest absolute Gasteiger partial charge is 0.235 e. The molecule has 3 aliphatic heterocycles.